The summed E-state index contributed by atoms with van der Waals surface area (Å²) in [5.41, 5.74) is 1.76. The molecule has 98 valence electrons. The highest BCUT2D eigenvalue weighted by Crippen LogP contribution is 2.23. The molecule has 0 aliphatic heterocycles. The normalized spacial score (nSPS) is 10.2. The number of ketones is 1. The number of nitrogens with zero attached hydrogens (tertiary/aromatic N) is 1. The summed E-state index contributed by atoms with van der Waals surface area (Å²) in [6.45, 7) is 2.07. The summed E-state index contributed by atoms with van der Waals surface area (Å²) in [5.74, 6) is 0.630. The third kappa shape index (κ3) is 3.89. The van der Waals surface area contributed by atoms with E-state index in [-0.39, 0.29) is 5.78 Å². The summed E-state index contributed by atoms with van der Waals surface area (Å²) < 4.78 is 6.57. The quantitative estimate of drug-likeness (QED) is 0.789. The van der Waals surface area contributed by atoms with Crippen LogP contribution in [0, 0.1) is 0 Å². The number of hydrogen-bond donors (Lipinski definition) is 0. The molecule has 0 aliphatic carbocycles. The van der Waals surface area contributed by atoms with Crippen molar-refractivity contribution in [1.82, 2.24) is 4.98 Å². The molecule has 3 nitrogen and oxygen atoms in total. The third-order valence-corrected chi connectivity index (χ3v) is 3.21. The SMILES string of the molecule is CC(=O)c1cc(Br)ccc1OCCc1ccncc1. The van der Waals surface area contributed by atoms with Gasteiger partial charge in [0.05, 0.1) is 12.2 Å². The minimum atomic E-state index is 0.000195. The van der Waals surface area contributed by atoms with Gasteiger partial charge in [-0.3, -0.25) is 9.78 Å². The fourth-order valence-electron chi connectivity index (χ4n) is 1.73. The molecular weight excluding hydrogens is 306 g/mol. The lowest BCUT2D eigenvalue weighted by Crippen LogP contribution is -2.05. The summed E-state index contributed by atoms with van der Waals surface area (Å²) >= 11 is 3.35. The van der Waals surface area contributed by atoms with Crippen molar-refractivity contribution < 1.29 is 9.53 Å². The number of carbonyl (C=O) groups is 1. The molecule has 0 aliphatic rings. The van der Waals surface area contributed by atoms with E-state index in [9.17, 15) is 4.79 Å². The smallest absolute Gasteiger partial charge is 0.163 e. The van der Waals surface area contributed by atoms with E-state index in [1.54, 1.807) is 18.5 Å². The van der Waals surface area contributed by atoms with Gasteiger partial charge >= 0.3 is 0 Å². The maximum absolute atomic E-state index is 11.5. The van der Waals surface area contributed by atoms with Gasteiger partial charge in [0.2, 0.25) is 0 Å². The van der Waals surface area contributed by atoms with Gasteiger partial charge in [0, 0.05) is 23.3 Å². The van der Waals surface area contributed by atoms with Crippen LogP contribution in [0.15, 0.2) is 47.2 Å². The standard InChI is InChI=1S/C15H14BrNO2/c1-11(18)14-10-13(16)2-3-15(14)19-9-6-12-4-7-17-8-5-12/h2-5,7-8,10H,6,9H2,1H3. The molecule has 19 heavy (non-hydrogen) atoms. The first-order valence-electron chi connectivity index (χ1n) is 5.99. The van der Waals surface area contributed by atoms with Crippen molar-refractivity contribution in [3.05, 3.63) is 58.3 Å². The Balaban J connectivity index is 2.02. The zero-order valence-corrected chi connectivity index (χ0v) is 12.2. The maximum atomic E-state index is 11.5. The summed E-state index contributed by atoms with van der Waals surface area (Å²) in [6.07, 6.45) is 4.31. The molecule has 1 aromatic carbocycles. The van der Waals surface area contributed by atoms with Gasteiger partial charge in [-0.05, 0) is 42.8 Å². The molecule has 0 saturated carbocycles. The first-order chi connectivity index (χ1) is 9.16. The average Bonchev–Trinajstić information content (AvgIpc) is 2.41. The molecule has 0 atom stereocenters. The van der Waals surface area contributed by atoms with Crippen LogP contribution in [0.5, 0.6) is 5.75 Å². The van der Waals surface area contributed by atoms with E-state index in [1.807, 2.05) is 24.3 Å². The number of aromatic nitrogens is 1. The summed E-state index contributed by atoms with van der Waals surface area (Å²) in [7, 11) is 0. The third-order valence-electron chi connectivity index (χ3n) is 2.72. The first kappa shape index (κ1) is 13.7. The number of carbonyl (C=O) groups excluding carboxylic acids is 1. The van der Waals surface area contributed by atoms with Crippen LogP contribution in [0.4, 0.5) is 0 Å². The Morgan fingerprint density at radius 3 is 2.68 bits per heavy atom. The molecular formula is C15H14BrNO2. The Kier molecular flexibility index (Phi) is 4.68. The molecule has 0 amide bonds. The lowest BCUT2D eigenvalue weighted by Gasteiger charge is -2.10. The molecule has 0 radical (unpaired) electrons. The van der Waals surface area contributed by atoms with E-state index >= 15 is 0 Å². The monoisotopic (exact) mass is 319 g/mol. The van der Waals surface area contributed by atoms with E-state index in [4.69, 9.17) is 4.74 Å². The van der Waals surface area contributed by atoms with Gasteiger partial charge < -0.3 is 4.74 Å². The highest BCUT2D eigenvalue weighted by molar-refractivity contribution is 9.10. The van der Waals surface area contributed by atoms with Crippen molar-refractivity contribution >= 4 is 21.7 Å². The Bertz CT molecular complexity index is 570. The number of halogens is 1. The maximum Gasteiger partial charge on any atom is 0.163 e. The highest BCUT2D eigenvalue weighted by Gasteiger charge is 2.09. The Labute approximate surface area is 120 Å². The van der Waals surface area contributed by atoms with Gasteiger partial charge in [-0.25, -0.2) is 0 Å². The van der Waals surface area contributed by atoms with Gasteiger partial charge in [0.15, 0.2) is 5.78 Å². The van der Waals surface area contributed by atoms with Crippen LogP contribution in [0.3, 0.4) is 0 Å². The van der Waals surface area contributed by atoms with E-state index in [1.165, 1.54) is 6.92 Å². The van der Waals surface area contributed by atoms with Crippen LogP contribution < -0.4 is 4.74 Å². The van der Waals surface area contributed by atoms with E-state index in [0.717, 1.165) is 16.5 Å². The lowest BCUT2D eigenvalue weighted by molar-refractivity contribution is 0.101. The summed E-state index contributed by atoms with van der Waals surface area (Å²) in [6, 6.07) is 9.37. The molecule has 0 N–H and O–H groups in total. The minimum Gasteiger partial charge on any atom is -0.492 e. The molecule has 0 unspecified atom stereocenters. The predicted molar refractivity (Wildman–Crippen MR) is 77.6 cm³/mol. The van der Waals surface area contributed by atoms with Crippen LogP contribution in [0.1, 0.15) is 22.8 Å². The zero-order valence-electron chi connectivity index (χ0n) is 10.6. The van der Waals surface area contributed by atoms with Crippen LogP contribution >= 0.6 is 15.9 Å². The fourth-order valence-corrected chi connectivity index (χ4v) is 2.09. The van der Waals surface area contributed by atoms with E-state index in [0.29, 0.717) is 17.9 Å². The van der Waals surface area contributed by atoms with Crippen LogP contribution in [0.25, 0.3) is 0 Å². The molecule has 0 spiro atoms. The molecule has 2 rings (SSSR count). The Morgan fingerprint density at radius 1 is 1.26 bits per heavy atom. The van der Waals surface area contributed by atoms with Crippen molar-refractivity contribution in [2.24, 2.45) is 0 Å². The molecule has 2 aromatic rings. The van der Waals surface area contributed by atoms with Gasteiger partial charge in [0.25, 0.3) is 0 Å². The predicted octanol–water partition coefficient (Wildman–Crippen LogP) is 3.67. The number of Topliss-reactive ketones (excluding diaryl/α,β-unsaturated/α-hetero) is 1. The van der Waals surface area contributed by atoms with Crippen molar-refractivity contribution in [3.8, 4) is 5.75 Å². The second-order valence-corrected chi connectivity index (χ2v) is 5.07. The number of ether oxygens (including phenoxy) is 1. The average molecular weight is 320 g/mol. The molecule has 4 heteroatoms. The van der Waals surface area contributed by atoms with Crippen molar-refractivity contribution in [1.29, 1.82) is 0 Å². The minimum absolute atomic E-state index is 0.000195. The second kappa shape index (κ2) is 6.48. The molecule has 0 saturated heterocycles. The summed E-state index contributed by atoms with van der Waals surface area (Å²) in [5, 5.41) is 0. The Morgan fingerprint density at radius 2 is 2.00 bits per heavy atom. The molecule has 0 fully saturated rings. The van der Waals surface area contributed by atoms with Crippen molar-refractivity contribution in [2.45, 2.75) is 13.3 Å². The molecule has 0 bridgehead atoms. The van der Waals surface area contributed by atoms with Gasteiger partial charge in [-0.15, -0.1) is 0 Å². The second-order valence-electron chi connectivity index (χ2n) is 4.15. The lowest BCUT2D eigenvalue weighted by atomic mass is 10.1. The molecule has 1 aromatic heterocycles. The number of hydrogen-bond acceptors (Lipinski definition) is 3. The first-order valence-corrected chi connectivity index (χ1v) is 6.78. The largest absolute Gasteiger partial charge is 0.492 e. The van der Waals surface area contributed by atoms with Crippen molar-refractivity contribution in [2.75, 3.05) is 6.61 Å². The number of benzene rings is 1. The number of rotatable bonds is 5. The van der Waals surface area contributed by atoms with Gasteiger partial charge in [-0.2, -0.15) is 0 Å². The molecule has 1 heterocycles. The topological polar surface area (TPSA) is 39.2 Å². The van der Waals surface area contributed by atoms with Crippen LogP contribution in [-0.2, 0) is 6.42 Å². The Hall–Kier alpha value is -1.68. The van der Waals surface area contributed by atoms with E-state index in [2.05, 4.69) is 20.9 Å². The highest BCUT2D eigenvalue weighted by atomic mass is 79.9. The fraction of sp³-hybridized carbons (Fsp3) is 0.200. The number of pyridine rings is 1. The van der Waals surface area contributed by atoms with Gasteiger partial charge in [0.1, 0.15) is 5.75 Å². The van der Waals surface area contributed by atoms with Crippen LogP contribution in [0.2, 0.25) is 0 Å². The van der Waals surface area contributed by atoms with Crippen molar-refractivity contribution in [3.63, 3.8) is 0 Å². The van der Waals surface area contributed by atoms with E-state index < -0.39 is 0 Å². The van der Waals surface area contributed by atoms with Crippen LogP contribution in [-0.4, -0.2) is 17.4 Å². The van der Waals surface area contributed by atoms with Gasteiger partial charge in [-0.1, -0.05) is 15.9 Å². The summed E-state index contributed by atoms with van der Waals surface area (Å²) in [4.78, 5) is 15.5. The zero-order chi connectivity index (χ0) is 13.7.